The first-order chi connectivity index (χ1) is 12.6. The fourth-order valence-corrected chi connectivity index (χ4v) is 1.88. The summed E-state index contributed by atoms with van der Waals surface area (Å²) in [7, 11) is -9.41. The molecular formula is C10H22O16P2. The maximum Gasteiger partial charge on any atom is 0.469 e. The molecule has 0 radical (unpaired) electrons. The van der Waals surface area contributed by atoms with E-state index >= 15 is 0 Å². The van der Waals surface area contributed by atoms with Gasteiger partial charge >= 0.3 is 15.6 Å². The summed E-state index contributed by atoms with van der Waals surface area (Å²) < 4.78 is 27.8. The third-order valence-corrected chi connectivity index (χ3v) is 3.51. The molecule has 0 spiro atoms. The van der Waals surface area contributed by atoms with E-state index < -0.39 is 71.8 Å². The average Bonchev–Trinajstić information content (AvgIpc) is 2.60. The van der Waals surface area contributed by atoms with Crippen LogP contribution in [-0.4, -0.2) is 113 Å². The number of hydrogen-bond donors (Lipinski definition) is 10. The Kier molecular flexibility index (Phi) is 14.3. The average molecular weight is 460 g/mol. The highest BCUT2D eigenvalue weighted by atomic mass is 31.2. The topological polar surface area (TPSA) is 289 Å². The van der Waals surface area contributed by atoms with Crippen molar-refractivity contribution in [1.82, 2.24) is 0 Å². The summed E-state index contributed by atoms with van der Waals surface area (Å²) in [6, 6.07) is 0. The maximum atomic E-state index is 10.8. The van der Waals surface area contributed by atoms with Gasteiger partial charge in [-0.15, -0.1) is 0 Å². The van der Waals surface area contributed by atoms with Gasteiger partial charge in [0.1, 0.15) is 37.1 Å². The van der Waals surface area contributed by atoms with Crippen LogP contribution in [0.25, 0.3) is 0 Å². The lowest BCUT2D eigenvalue weighted by atomic mass is 10.0. The second kappa shape index (κ2) is 13.5. The van der Waals surface area contributed by atoms with Crippen LogP contribution < -0.4 is 0 Å². The van der Waals surface area contributed by atoms with Crippen LogP contribution in [0.2, 0.25) is 0 Å². The number of phosphoric ester groups is 2. The molecule has 28 heavy (non-hydrogen) atoms. The number of aliphatic hydroxyl groups excluding tert-OH is 6. The molecule has 0 unspecified atom stereocenters. The molecule has 0 aromatic carbocycles. The van der Waals surface area contributed by atoms with Crippen LogP contribution in [0.1, 0.15) is 0 Å². The highest BCUT2D eigenvalue weighted by Crippen LogP contribution is 2.36. The molecular weight excluding hydrogens is 438 g/mol. The van der Waals surface area contributed by atoms with Gasteiger partial charge in [-0.25, -0.2) is 9.13 Å². The van der Waals surface area contributed by atoms with E-state index in [1.54, 1.807) is 0 Å². The van der Waals surface area contributed by atoms with Gasteiger partial charge in [0.05, 0.1) is 13.2 Å². The number of aldehydes is 1. The number of hydrogen-bond acceptors (Lipinski definition) is 12. The summed E-state index contributed by atoms with van der Waals surface area (Å²) in [6.07, 6.45) is -9.69. The molecule has 0 saturated carbocycles. The summed E-state index contributed by atoms with van der Waals surface area (Å²) in [5.74, 6) is -1.19. The first kappa shape index (κ1) is 29.5. The number of carbonyl (C=O) groups is 2. The minimum absolute atomic E-state index is 0.121. The van der Waals surface area contributed by atoms with E-state index in [9.17, 15) is 34.0 Å². The molecule has 16 nitrogen and oxygen atoms in total. The molecule has 0 saturated heterocycles. The van der Waals surface area contributed by atoms with E-state index in [1.165, 1.54) is 0 Å². The van der Waals surface area contributed by atoms with E-state index in [1.807, 2.05) is 0 Å². The van der Waals surface area contributed by atoms with Crippen molar-refractivity contribution in [1.29, 1.82) is 0 Å². The Morgan fingerprint density at radius 2 is 1.29 bits per heavy atom. The quantitative estimate of drug-likeness (QED) is 0.0961. The zero-order chi connectivity index (χ0) is 22.7. The Labute approximate surface area is 157 Å². The van der Waals surface area contributed by atoms with Gasteiger partial charge in [-0.3, -0.25) is 13.8 Å². The normalized spacial score (nSPS) is 17.5. The SMILES string of the molecule is O=C(CO)[C@@H](O)[C@H](O)[C@H](O)[C@H](O)COP(=O)(O)O.O=C[C@H](O)COP(=O)(O)O. The lowest BCUT2D eigenvalue weighted by Gasteiger charge is -2.25. The molecule has 0 heterocycles. The second-order valence-corrected chi connectivity index (χ2v) is 7.37. The van der Waals surface area contributed by atoms with Gasteiger partial charge in [-0.1, -0.05) is 0 Å². The van der Waals surface area contributed by atoms with Crippen molar-refractivity contribution in [3.63, 3.8) is 0 Å². The summed E-state index contributed by atoms with van der Waals surface area (Å²) in [4.78, 5) is 53.1. The molecule has 0 bridgehead atoms. The molecule has 10 N–H and O–H groups in total. The van der Waals surface area contributed by atoms with Gasteiger partial charge in [0.2, 0.25) is 0 Å². The molecule has 0 rings (SSSR count). The van der Waals surface area contributed by atoms with E-state index in [2.05, 4.69) is 9.05 Å². The standard InChI is InChI=1S/C7H15O10P.C3H7O6P/c8-1-3(9)5(11)7(13)6(12)4(10)2-17-18(14,15)16;4-1-3(5)2-9-10(6,7)8/h4-8,10-13H,1-2H2,(H2,14,15,16);1,3,5H,2H2,(H2,6,7,8)/t4-,5-,6-,7+;3-/m10/s1. The van der Waals surface area contributed by atoms with Crippen molar-refractivity contribution < 1.29 is 78.0 Å². The van der Waals surface area contributed by atoms with Crippen LogP contribution in [0, 0.1) is 0 Å². The zero-order valence-corrected chi connectivity index (χ0v) is 15.7. The predicted molar refractivity (Wildman–Crippen MR) is 84.2 cm³/mol. The Bertz CT molecular complexity index is 556. The number of rotatable bonds is 12. The van der Waals surface area contributed by atoms with Crippen molar-refractivity contribution in [2.45, 2.75) is 30.5 Å². The second-order valence-electron chi connectivity index (χ2n) is 4.89. The van der Waals surface area contributed by atoms with Crippen LogP contribution in [-0.2, 0) is 27.8 Å². The first-order valence-corrected chi connectivity index (χ1v) is 10.0. The third kappa shape index (κ3) is 15.3. The molecule has 0 aliphatic rings. The third-order valence-electron chi connectivity index (χ3n) is 2.54. The van der Waals surface area contributed by atoms with Crippen LogP contribution in [0.4, 0.5) is 0 Å². The summed E-state index contributed by atoms with van der Waals surface area (Å²) in [5, 5.41) is 53.6. The molecule has 5 atom stereocenters. The monoisotopic (exact) mass is 460 g/mol. The van der Waals surface area contributed by atoms with Gasteiger partial charge in [-0.2, -0.15) is 0 Å². The van der Waals surface area contributed by atoms with Crippen molar-refractivity contribution in [2.75, 3.05) is 19.8 Å². The number of Topliss-reactive ketones (excluding diaryl/α,β-unsaturated/α-hetero) is 1. The fourth-order valence-electron chi connectivity index (χ4n) is 1.18. The summed E-state index contributed by atoms with van der Waals surface area (Å²) in [5.41, 5.74) is 0. The van der Waals surface area contributed by atoms with Gasteiger partial charge in [0.15, 0.2) is 12.1 Å². The van der Waals surface area contributed by atoms with Crippen LogP contribution >= 0.6 is 15.6 Å². The molecule has 0 aromatic heterocycles. The molecule has 168 valence electrons. The van der Waals surface area contributed by atoms with Crippen molar-refractivity contribution in [3.05, 3.63) is 0 Å². The molecule has 0 aliphatic carbocycles. The van der Waals surface area contributed by atoms with Crippen LogP contribution in [0.3, 0.4) is 0 Å². The van der Waals surface area contributed by atoms with Crippen molar-refractivity contribution in [3.8, 4) is 0 Å². The number of phosphoric acid groups is 2. The van der Waals surface area contributed by atoms with Gasteiger partial charge in [-0.05, 0) is 0 Å². The number of ketones is 1. The zero-order valence-electron chi connectivity index (χ0n) is 13.9. The lowest BCUT2D eigenvalue weighted by molar-refractivity contribution is -0.149. The number of aliphatic hydroxyl groups is 6. The molecule has 0 aliphatic heterocycles. The highest BCUT2D eigenvalue weighted by molar-refractivity contribution is 7.46. The minimum atomic E-state index is -4.86. The van der Waals surface area contributed by atoms with Crippen molar-refractivity contribution in [2.24, 2.45) is 0 Å². The van der Waals surface area contributed by atoms with E-state index in [0.29, 0.717) is 0 Å². The summed E-state index contributed by atoms with van der Waals surface area (Å²) >= 11 is 0. The highest BCUT2D eigenvalue weighted by Gasteiger charge is 2.34. The van der Waals surface area contributed by atoms with Gasteiger partial charge in [0.25, 0.3) is 0 Å². The van der Waals surface area contributed by atoms with E-state index in [0.717, 1.165) is 0 Å². The molecule has 18 heteroatoms. The smallest absolute Gasteiger partial charge is 0.388 e. The predicted octanol–water partition coefficient (Wildman–Crippen LogP) is -5.24. The Balaban J connectivity index is 0. The molecule has 0 amide bonds. The van der Waals surface area contributed by atoms with E-state index in [-0.39, 0.29) is 6.29 Å². The number of carbonyl (C=O) groups excluding carboxylic acids is 2. The molecule has 0 fully saturated rings. The summed E-state index contributed by atoms with van der Waals surface area (Å²) in [6.45, 7) is -2.80. The van der Waals surface area contributed by atoms with Crippen LogP contribution in [0.5, 0.6) is 0 Å². The van der Waals surface area contributed by atoms with Gasteiger partial charge < -0.3 is 55.0 Å². The van der Waals surface area contributed by atoms with Crippen molar-refractivity contribution >= 4 is 27.7 Å². The van der Waals surface area contributed by atoms with Crippen LogP contribution in [0.15, 0.2) is 0 Å². The Morgan fingerprint density at radius 1 is 0.857 bits per heavy atom. The first-order valence-electron chi connectivity index (χ1n) is 6.95. The Morgan fingerprint density at radius 3 is 1.64 bits per heavy atom. The maximum absolute atomic E-state index is 10.8. The van der Waals surface area contributed by atoms with E-state index in [4.69, 9.17) is 34.9 Å². The minimum Gasteiger partial charge on any atom is -0.388 e. The molecule has 0 aromatic rings. The lowest BCUT2D eigenvalue weighted by Crippen LogP contribution is -2.49. The Hall–Kier alpha value is -0.680. The fraction of sp³-hybridized carbons (Fsp3) is 0.800. The largest absolute Gasteiger partial charge is 0.469 e. The van der Waals surface area contributed by atoms with Gasteiger partial charge in [0, 0.05) is 0 Å².